The summed E-state index contributed by atoms with van der Waals surface area (Å²) in [7, 11) is -4.19. The first kappa shape index (κ1) is 23.9. The molecule has 0 radical (unpaired) electrons. The first-order chi connectivity index (χ1) is 16.1. The van der Waals surface area contributed by atoms with E-state index in [1.54, 1.807) is 30.5 Å². The highest BCUT2D eigenvalue weighted by atomic mass is 35.5. The highest BCUT2D eigenvalue weighted by Crippen LogP contribution is 2.59. The van der Waals surface area contributed by atoms with Gasteiger partial charge in [-0.25, -0.2) is 14.5 Å². The van der Waals surface area contributed by atoms with Crippen LogP contribution in [0.2, 0.25) is 10.0 Å². The SMILES string of the molecule is C[C@@]1(O)[C@H](O)C(O[P@]2(=O)OCC[C@H](c3ccc(Cl)c(Cl)c3)O2)O[C@H]1n1ccc2c(N)ncnc21. The van der Waals surface area contributed by atoms with Crippen LogP contribution in [0.5, 0.6) is 0 Å². The number of nitrogen functional groups attached to an aromatic ring is 1. The van der Waals surface area contributed by atoms with Gasteiger partial charge in [0, 0.05) is 12.6 Å². The van der Waals surface area contributed by atoms with Gasteiger partial charge < -0.3 is 25.3 Å². The lowest BCUT2D eigenvalue weighted by Crippen LogP contribution is -2.44. The maximum atomic E-state index is 13.3. The van der Waals surface area contributed by atoms with Gasteiger partial charge in [-0.2, -0.15) is 0 Å². The Labute approximate surface area is 203 Å². The van der Waals surface area contributed by atoms with Crippen LogP contribution < -0.4 is 5.73 Å². The van der Waals surface area contributed by atoms with Gasteiger partial charge >= 0.3 is 7.82 Å². The molecule has 0 bridgehead atoms. The van der Waals surface area contributed by atoms with Crippen LogP contribution in [-0.4, -0.2) is 49.4 Å². The standard InChI is InChI=1S/C20H21Cl2N4O7P/c1-20(28)15(27)18(31-19(20)26-6-4-11-16(23)24-9-25-17(11)26)33-34(29)30-7-5-14(32-34)10-2-3-12(21)13(22)8-10/h2-4,6,8-9,14-15,18-19,27-28H,5,7H2,1H3,(H2,23,24,25)/t14-,15-,18?,19-,20-,34-/m1/s1. The minimum Gasteiger partial charge on any atom is -0.385 e. The number of aliphatic hydroxyl groups excluding tert-OH is 1. The quantitative estimate of drug-likeness (QED) is 0.426. The first-order valence-corrected chi connectivity index (χ1v) is 12.5. The van der Waals surface area contributed by atoms with Gasteiger partial charge in [-0.05, 0) is 30.7 Å². The number of anilines is 1. The number of nitrogens with zero attached hydrogens (tertiary/aromatic N) is 3. The van der Waals surface area contributed by atoms with Crippen LogP contribution >= 0.6 is 31.0 Å². The van der Waals surface area contributed by atoms with Crippen molar-refractivity contribution in [1.29, 1.82) is 0 Å². The summed E-state index contributed by atoms with van der Waals surface area (Å²) in [6.07, 6.45) is -1.70. The number of hydrogen-bond acceptors (Lipinski definition) is 10. The molecule has 34 heavy (non-hydrogen) atoms. The molecule has 0 saturated carbocycles. The number of hydrogen-bond donors (Lipinski definition) is 3. The number of phosphoric ester groups is 1. The van der Waals surface area contributed by atoms with Crippen LogP contribution in [-0.2, 0) is 22.9 Å². The Kier molecular flexibility index (Phi) is 6.12. The van der Waals surface area contributed by atoms with Crippen LogP contribution in [0.15, 0.2) is 36.8 Å². The van der Waals surface area contributed by atoms with Crippen LogP contribution in [0.1, 0.15) is 31.2 Å². The van der Waals surface area contributed by atoms with Crippen LogP contribution in [0.4, 0.5) is 5.82 Å². The maximum absolute atomic E-state index is 13.3. The number of fused-ring (bicyclic) bond motifs is 1. The van der Waals surface area contributed by atoms with E-state index >= 15 is 0 Å². The van der Waals surface area contributed by atoms with Gasteiger partial charge in [-0.15, -0.1) is 0 Å². The largest absolute Gasteiger partial charge is 0.477 e. The molecule has 6 atom stereocenters. The van der Waals surface area contributed by atoms with Crippen LogP contribution in [0, 0.1) is 0 Å². The smallest absolute Gasteiger partial charge is 0.385 e. The van der Waals surface area contributed by atoms with E-state index in [0.29, 0.717) is 33.1 Å². The molecule has 2 fully saturated rings. The highest BCUT2D eigenvalue weighted by Gasteiger charge is 2.56. The average molecular weight is 531 g/mol. The number of aliphatic hydroxyl groups is 2. The number of rotatable bonds is 4. The molecule has 2 saturated heterocycles. The van der Waals surface area contributed by atoms with Crippen molar-refractivity contribution in [3.63, 3.8) is 0 Å². The Hall–Kier alpha value is -1.79. The number of nitrogens with two attached hydrogens (primary N) is 1. The Balaban J connectivity index is 1.38. The first-order valence-electron chi connectivity index (χ1n) is 10.3. The second-order valence-electron chi connectivity index (χ2n) is 8.19. The number of ether oxygens (including phenoxy) is 1. The molecular weight excluding hydrogens is 510 g/mol. The van der Waals surface area contributed by atoms with E-state index in [2.05, 4.69) is 9.97 Å². The molecule has 182 valence electrons. The predicted octanol–water partition coefficient (Wildman–Crippen LogP) is 3.59. The van der Waals surface area contributed by atoms with E-state index in [4.69, 9.17) is 47.2 Å². The normalized spacial score (nSPS) is 34.0. The third kappa shape index (κ3) is 4.11. The van der Waals surface area contributed by atoms with Gasteiger partial charge in [0.15, 0.2) is 6.23 Å². The van der Waals surface area contributed by atoms with Crippen molar-refractivity contribution in [1.82, 2.24) is 14.5 Å². The zero-order valence-corrected chi connectivity index (χ0v) is 20.2. The minimum absolute atomic E-state index is 0.0588. The fourth-order valence-corrected chi connectivity index (χ4v) is 5.77. The Morgan fingerprint density at radius 3 is 2.85 bits per heavy atom. The molecule has 2 aromatic heterocycles. The number of benzene rings is 1. The Morgan fingerprint density at radius 1 is 1.29 bits per heavy atom. The minimum atomic E-state index is -4.19. The molecule has 0 spiro atoms. The molecule has 2 aliphatic rings. The summed E-state index contributed by atoms with van der Waals surface area (Å²) < 4.78 is 37.0. The summed E-state index contributed by atoms with van der Waals surface area (Å²) in [4.78, 5) is 8.11. The molecule has 14 heteroatoms. The topological polar surface area (TPSA) is 151 Å². The molecule has 4 N–H and O–H groups in total. The number of halogens is 2. The van der Waals surface area contributed by atoms with Crippen molar-refractivity contribution in [2.75, 3.05) is 12.3 Å². The Bertz CT molecular complexity index is 1290. The van der Waals surface area contributed by atoms with Gasteiger partial charge in [0.2, 0.25) is 6.29 Å². The van der Waals surface area contributed by atoms with E-state index in [0.717, 1.165) is 0 Å². The van der Waals surface area contributed by atoms with Crippen molar-refractivity contribution < 1.29 is 33.1 Å². The van der Waals surface area contributed by atoms with E-state index < -0.39 is 38.1 Å². The van der Waals surface area contributed by atoms with Gasteiger partial charge in [0.05, 0.1) is 28.1 Å². The molecule has 4 heterocycles. The lowest BCUT2D eigenvalue weighted by atomic mass is 9.99. The third-order valence-electron chi connectivity index (χ3n) is 5.85. The van der Waals surface area contributed by atoms with Gasteiger partial charge in [-0.1, -0.05) is 29.3 Å². The molecule has 1 unspecified atom stereocenters. The van der Waals surface area contributed by atoms with E-state index in [-0.39, 0.29) is 12.4 Å². The summed E-state index contributed by atoms with van der Waals surface area (Å²) in [6, 6.07) is 6.56. The zero-order valence-electron chi connectivity index (χ0n) is 17.7. The molecule has 3 aromatic rings. The lowest BCUT2D eigenvalue weighted by Gasteiger charge is -2.31. The van der Waals surface area contributed by atoms with Crippen LogP contribution in [0.25, 0.3) is 11.0 Å². The van der Waals surface area contributed by atoms with Gasteiger partial charge in [0.1, 0.15) is 29.5 Å². The summed E-state index contributed by atoms with van der Waals surface area (Å²) in [5.74, 6) is 0.247. The second-order valence-corrected chi connectivity index (χ2v) is 10.6. The van der Waals surface area contributed by atoms with Gasteiger partial charge in [0.25, 0.3) is 0 Å². The van der Waals surface area contributed by atoms with E-state index in [1.165, 1.54) is 17.8 Å². The molecule has 1 aromatic carbocycles. The zero-order chi connectivity index (χ0) is 24.3. The fraction of sp³-hybridized carbons (Fsp3) is 0.400. The van der Waals surface area contributed by atoms with E-state index in [9.17, 15) is 14.8 Å². The molecule has 11 nitrogen and oxygen atoms in total. The summed E-state index contributed by atoms with van der Waals surface area (Å²) in [5.41, 5.74) is 5.04. The van der Waals surface area contributed by atoms with E-state index in [1.807, 2.05) is 0 Å². The summed E-state index contributed by atoms with van der Waals surface area (Å²) >= 11 is 12.1. The van der Waals surface area contributed by atoms with Crippen molar-refractivity contribution >= 4 is 47.9 Å². The van der Waals surface area contributed by atoms with Gasteiger partial charge in [-0.3, -0.25) is 13.6 Å². The number of phosphoric acid groups is 1. The summed E-state index contributed by atoms with van der Waals surface area (Å²) in [6.45, 7) is 1.42. The number of aromatic nitrogens is 3. The average Bonchev–Trinajstić information content (AvgIpc) is 3.30. The van der Waals surface area contributed by atoms with Crippen molar-refractivity contribution in [2.24, 2.45) is 0 Å². The van der Waals surface area contributed by atoms with Crippen molar-refractivity contribution in [3.8, 4) is 0 Å². The third-order valence-corrected chi connectivity index (χ3v) is 8.06. The van der Waals surface area contributed by atoms with Crippen molar-refractivity contribution in [2.45, 2.75) is 43.7 Å². The monoisotopic (exact) mass is 530 g/mol. The summed E-state index contributed by atoms with van der Waals surface area (Å²) in [5, 5.41) is 23.0. The van der Waals surface area contributed by atoms with Crippen LogP contribution in [0.3, 0.4) is 0 Å². The predicted molar refractivity (Wildman–Crippen MR) is 122 cm³/mol. The molecule has 5 rings (SSSR count). The highest BCUT2D eigenvalue weighted by molar-refractivity contribution is 7.48. The fourth-order valence-electron chi connectivity index (χ4n) is 4.00. The molecular formula is C20H21Cl2N4O7P. The molecule has 0 aliphatic carbocycles. The second kappa shape index (κ2) is 8.70. The maximum Gasteiger partial charge on any atom is 0.477 e. The Morgan fingerprint density at radius 2 is 2.09 bits per heavy atom. The lowest BCUT2D eigenvalue weighted by molar-refractivity contribution is -0.145. The molecule has 2 aliphatic heterocycles. The molecule has 0 amide bonds. The van der Waals surface area contributed by atoms with Crippen molar-refractivity contribution in [3.05, 3.63) is 52.4 Å².